The van der Waals surface area contributed by atoms with E-state index in [1.807, 2.05) is 18.2 Å². The van der Waals surface area contributed by atoms with Crippen LogP contribution >= 0.6 is 11.3 Å². The van der Waals surface area contributed by atoms with Crippen molar-refractivity contribution in [2.75, 3.05) is 24.2 Å². The highest BCUT2D eigenvalue weighted by molar-refractivity contribution is 7.21. The van der Waals surface area contributed by atoms with Crippen molar-refractivity contribution in [1.29, 1.82) is 0 Å². The zero-order valence-electron chi connectivity index (χ0n) is 13.8. The number of fused-ring (bicyclic) bond motifs is 1. The SMILES string of the molecule is CNC(=O)c1sc2nc([C@@H]3CCCN3c3ncccn3)ccc2c1N. The summed E-state index contributed by atoms with van der Waals surface area (Å²) >= 11 is 1.33. The normalized spacial score (nSPS) is 17.2. The first kappa shape index (κ1) is 15.8. The molecule has 0 aromatic carbocycles. The summed E-state index contributed by atoms with van der Waals surface area (Å²) in [6.07, 6.45) is 5.58. The van der Waals surface area contributed by atoms with E-state index in [0.29, 0.717) is 10.6 Å². The molecule has 1 amide bonds. The lowest BCUT2D eigenvalue weighted by atomic mass is 10.1. The van der Waals surface area contributed by atoms with Crippen LogP contribution in [0.25, 0.3) is 10.2 Å². The number of aromatic nitrogens is 3. The van der Waals surface area contributed by atoms with Crippen molar-refractivity contribution in [2.45, 2.75) is 18.9 Å². The Balaban J connectivity index is 1.73. The number of nitrogens with two attached hydrogens (primary N) is 1. The zero-order chi connectivity index (χ0) is 17.4. The highest BCUT2D eigenvalue weighted by Gasteiger charge is 2.29. The number of hydrogen-bond acceptors (Lipinski definition) is 7. The smallest absolute Gasteiger partial charge is 0.263 e. The molecule has 4 heterocycles. The molecule has 1 fully saturated rings. The lowest BCUT2D eigenvalue weighted by molar-refractivity contribution is 0.0968. The number of hydrogen-bond donors (Lipinski definition) is 2. The van der Waals surface area contributed by atoms with Crippen molar-refractivity contribution in [3.05, 3.63) is 41.2 Å². The molecule has 4 rings (SSSR count). The highest BCUT2D eigenvalue weighted by Crippen LogP contribution is 2.37. The van der Waals surface area contributed by atoms with Crippen LogP contribution in [0.5, 0.6) is 0 Å². The van der Waals surface area contributed by atoms with Crippen LogP contribution in [0.1, 0.15) is 34.2 Å². The van der Waals surface area contributed by atoms with Crippen LogP contribution in [0.2, 0.25) is 0 Å². The molecule has 1 aliphatic heterocycles. The van der Waals surface area contributed by atoms with E-state index in [4.69, 9.17) is 10.7 Å². The van der Waals surface area contributed by atoms with Gasteiger partial charge in [-0.05, 0) is 31.0 Å². The number of nitrogens with zero attached hydrogens (tertiary/aromatic N) is 4. The average molecular weight is 354 g/mol. The largest absolute Gasteiger partial charge is 0.397 e. The molecule has 7 nitrogen and oxygen atoms in total. The molecule has 8 heteroatoms. The Morgan fingerprint density at radius 1 is 1.36 bits per heavy atom. The first-order chi connectivity index (χ1) is 12.2. The fraction of sp³-hybridized carbons (Fsp3) is 0.294. The molecular weight excluding hydrogens is 336 g/mol. The van der Waals surface area contributed by atoms with Gasteiger partial charge in [0.25, 0.3) is 5.91 Å². The van der Waals surface area contributed by atoms with Gasteiger partial charge in [-0.15, -0.1) is 11.3 Å². The predicted octanol–water partition coefficient (Wildman–Crippen LogP) is 2.37. The number of nitrogen functional groups attached to an aromatic ring is 1. The quantitative estimate of drug-likeness (QED) is 0.749. The molecule has 0 spiro atoms. The van der Waals surface area contributed by atoms with Crippen LogP contribution in [0, 0.1) is 0 Å². The van der Waals surface area contributed by atoms with Gasteiger partial charge in [0.1, 0.15) is 9.71 Å². The maximum absolute atomic E-state index is 11.9. The van der Waals surface area contributed by atoms with Crippen molar-refractivity contribution in [1.82, 2.24) is 20.3 Å². The van der Waals surface area contributed by atoms with E-state index in [9.17, 15) is 4.79 Å². The minimum Gasteiger partial charge on any atom is -0.397 e. The van der Waals surface area contributed by atoms with Crippen LogP contribution in [-0.2, 0) is 0 Å². The number of carbonyl (C=O) groups is 1. The van der Waals surface area contributed by atoms with Gasteiger partial charge < -0.3 is 16.0 Å². The summed E-state index contributed by atoms with van der Waals surface area (Å²) in [5.74, 6) is 0.547. The predicted molar refractivity (Wildman–Crippen MR) is 98.8 cm³/mol. The molecule has 1 saturated heterocycles. The van der Waals surface area contributed by atoms with Crippen molar-refractivity contribution in [2.24, 2.45) is 0 Å². The lowest BCUT2D eigenvalue weighted by Gasteiger charge is -2.23. The van der Waals surface area contributed by atoms with E-state index in [0.717, 1.165) is 41.2 Å². The summed E-state index contributed by atoms with van der Waals surface area (Å²) in [4.78, 5) is 29.0. The molecule has 1 atom stereocenters. The summed E-state index contributed by atoms with van der Waals surface area (Å²) < 4.78 is 0. The first-order valence-electron chi connectivity index (χ1n) is 8.13. The molecule has 25 heavy (non-hydrogen) atoms. The molecule has 3 aromatic rings. The first-order valence-corrected chi connectivity index (χ1v) is 8.95. The van der Waals surface area contributed by atoms with E-state index >= 15 is 0 Å². The number of pyridine rings is 1. The van der Waals surface area contributed by atoms with Gasteiger partial charge in [0.05, 0.1) is 17.4 Å². The van der Waals surface area contributed by atoms with Crippen molar-refractivity contribution < 1.29 is 4.79 Å². The van der Waals surface area contributed by atoms with Crippen LogP contribution in [0.15, 0.2) is 30.6 Å². The van der Waals surface area contributed by atoms with E-state index < -0.39 is 0 Å². The van der Waals surface area contributed by atoms with E-state index in [1.165, 1.54) is 11.3 Å². The minimum atomic E-state index is -0.178. The Labute approximate surface area is 148 Å². The molecule has 0 bridgehead atoms. The number of carbonyl (C=O) groups excluding carboxylic acids is 1. The average Bonchev–Trinajstić information content (AvgIpc) is 3.26. The minimum absolute atomic E-state index is 0.138. The number of thiophene rings is 1. The molecule has 0 aliphatic carbocycles. The zero-order valence-corrected chi connectivity index (χ0v) is 14.6. The van der Waals surface area contributed by atoms with Gasteiger partial charge in [-0.3, -0.25) is 4.79 Å². The van der Waals surface area contributed by atoms with Gasteiger partial charge in [-0.1, -0.05) is 0 Å². The molecule has 0 unspecified atom stereocenters. The van der Waals surface area contributed by atoms with Gasteiger partial charge in [0, 0.05) is 31.4 Å². The Morgan fingerprint density at radius 2 is 2.16 bits per heavy atom. The van der Waals surface area contributed by atoms with Crippen molar-refractivity contribution >= 4 is 39.1 Å². The molecule has 0 radical (unpaired) electrons. The van der Waals surface area contributed by atoms with Crippen molar-refractivity contribution in [3.63, 3.8) is 0 Å². The molecule has 0 saturated carbocycles. The van der Waals surface area contributed by atoms with E-state index in [-0.39, 0.29) is 11.9 Å². The fourth-order valence-electron chi connectivity index (χ4n) is 3.23. The van der Waals surface area contributed by atoms with Gasteiger partial charge in [-0.25, -0.2) is 15.0 Å². The third-order valence-electron chi connectivity index (χ3n) is 4.45. The number of nitrogens with one attached hydrogen (secondary N) is 1. The maximum Gasteiger partial charge on any atom is 0.263 e. The Hall–Kier alpha value is -2.74. The Bertz CT molecular complexity index is 926. The van der Waals surface area contributed by atoms with Crippen LogP contribution in [0.4, 0.5) is 11.6 Å². The summed E-state index contributed by atoms with van der Waals surface area (Å²) in [6, 6.07) is 5.90. The Morgan fingerprint density at radius 3 is 2.92 bits per heavy atom. The lowest BCUT2D eigenvalue weighted by Crippen LogP contribution is -2.25. The van der Waals surface area contributed by atoms with Gasteiger partial charge in [0.15, 0.2) is 0 Å². The van der Waals surface area contributed by atoms with Gasteiger partial charge in [0.2, 0.25) is 5.95 Å². The van der Waals surface area contributed by atoms with E-state index in [2.05, 4.69) is 20.2 Å². The highest BCUT2D eigenvalue weighted by atomic mass is 32.1. The van der Waals surface area contributed by atoms with Gasteiger partial charge in [-0.2, -0.15) is 0 Å². The summed E-state index contributed by atoms with van der Waals surface area (Å²) in [5.41, 5.74) is 7.57. The second kappa shape index (κ2) is 6.29. The second-order valence-electron chi connectivity index (χ2n) is 5.91. The summed E-state index contributed by atoms with van der Waals surface area (Å²) in [5, 5.41) is 3.45. The molecule has 128 valence electrons. The van der Waals surface area contributed by atoms with Gasteiger partial charge >= 0.3 is 0 Å². The number of rotatable bonds is 3. The third kappa shape index (κ3) is 2.68. The summed E-state index contributed by atoms with van der Waals surface area (Å²) in [6.45, 7) is 0.907. The fourth-order valence-corrected chi connectivity index (χ4v) is 4.28. The molecular formula is C17H18N6OS. The van der Waals surface area contributed by atoms with Crippen LogP contribution in [-0.4, -0.2) is 34.5 Å². The van der Waals surface area contributed by atoms with Crippen molar-refractivity contribution in [3.8, 4) is 0 Å². The van der Waals surface area contributed by atoms with Crippen LogP contribution in [0.3, 0.4) is 0 Å². The topological polar surface area (TPSA) is 97.0 Å². The molecule has 3 N–H and O–H groups in total. The van der Waals surface area contributed by atoms with Crippen LogP contribution < -0.4 is 16.0 Å². The Kier molecular flexibility index (Phi) is 3.96. The molecule has 1 aliphatic rings. The molecule has 3 aromatic heterocycles. The number of anilines is 2. The summed E-state index contributed by atoms with van der Waals surface area (Å²) in [7, 11) is 1.60. The number of amides is 1. The maximum atomic E-state index is 11.9. The monoisotopic (exact) mass is 354 g/mol. The van der Waals surface area contributed by atoms with E-state index in [1.54, 1.807) is 19.4 Å². The third-order valence-corrected chi connectivity index (χ3v) is 5.57. The second-order valence-corrected chi connectivity index (χ2v) is 6.91. The standard InChI is InChI=1S/C17H18N6OS/c1-19-15(24)14-13(18)10-5-6-11(22-16(10)25-14)12-4-2-9-23(12)17-20-7-3-8-21-17/h3,5-8,12H,2,4,9,18H2,1H3,(H,19,24)/t12-/m0/s1.